The van der Waals surface area contributed by atoms with Crippen LogP contribution in [-0.4, -0.2) is 24.5 Å². The molecule has 0 saturated carbocycles. The molecular formula is C14H24N2OS. The van der Waals surface area contributed by atoms with Crippen molar-refractivity contribution in [2.75, 3.05) is 6.54 Å². The molecule has 1 amide bonds. The van der Waals surface area contributed by atoms with Crippen molar-refractivity contribution < 1.29 is 4.79 Å². The average molecular weight is 268 g/mol. The van der Waals surface area contributed by atoms with E-state index in [1.807, 2.05) is 6.92 Å². The van der Waals surface area contributed by atoms with Crippen LogP contribution in [0.15, 0.2) is 17.5 Å². The number of carbonyl (C=O) groups is 1. The lowest BCUT2D eigenvalue weighted by atomic mass is 10.1. The number of hydrogen-bond acceptors (Lipinski definition) is 3. The lowest BCUT2D eigenvalue weighted by Crippen LogP contribution is -2.46. The van der Waals surface area contributed by atoms with Crippen LogP contribution in [0.4, 0.5) is 0 Å². The summed E-state index contributed by atoms with van der Waals surface area (Å²) in [4.78, 5) is 13.1. The number of amides is 1. The Balaban J connectivity index is 2.25. The predicted molar refractivity (Wildman–Crippen MR) is 78.0 cm³/mol. The summed E-state index contributed by atoms with van der Waals surface area (Å²) >= 11 is 1.76. The molecule has 0 spiro atoms. The second-order valence-electron chi connectivity index (χ2n) is 4.72. The zero-order valence-electron chi connectivity index (χ0n) is 11.5. The molecule has 1 rings (SSSR count). The summed E-state index contributed by atoms with van der Waals surface area (Å²) < 4.78 is 0. The quantitative estimate of drug-likeness (QED) is 0.712. The van der Waals surface area contributed by atoms with Gasteiger partial charge < -0.3 is 10.6 Å². The molecule has 0 radical (unpaired) electrons. The normalized spacial score (nSPS) is 14.2. The number of rotatable bonds is 8. The highest BCUT2D eigenvalue weighted by atomic mass is 32.1. The van der Waals surface area contributed by atoms with Crippen molar-refractivity contribution in [2.24, 2.45) is 0 Å². The SMILES string of the molecule is CCCCNC(=O)C(C)NC(C)Cc1cccs1. The maximum atomic E-state index is 11.8. The van der Waals surface area contributed by atoms with Gasteiger partial charge in [0.05, 0.1) is 6.04 Å². The van der Waals surface area contributed by atoms with Gasteiger partial charge in [-0.1, -0.05) is 19.4 Å². The van der Waals surface area contributed by atoms with Crippen LogP contribution in [0.1, 0.15) is 38.5 Å². The summed E-state index contributed by atoms with van der Waals surface area (Å²) in [6.45, 7) is 6.94. The lowest BCUT2D eigenvalue weighted by Gasteiger charge is -2.19. The van der Waals surface area contributed by atoms with E-state index in [9.17, 15) is 4.79 Å². The van der Waals surface area contributed by atoms with Gasteiger partial charge in [-0.25, -0.2) is 0 Å². The van der Waals surface area contributed by atoms with Gasteiger partial charge in [-0.15, -0.1) is 11.3 Å². The first kappa shape index (κ1) is 15.2. The Morgan fingerprint density at radius 2 is 2.22 bits per heavy atom. The van der Waals surface area contributed by atoms with E-state index in [2.05, 4.69) is 42.0 Å². The molecule has 3 nitrogen and oxygen atoms in total. The van der Waals surface area contributed by atoms with Crippen molar-refractivity contribution in [3.05, 3.63) is 22.4 Å². The average Bonchev–Trinajstić information content (AvgIpc) is 2.81. The Kier molecular flexibility index (Phi) is 6.98. The third kappa shape index (κ3) is 5.65. The molecule has 0 aliphatic carbocycles. The zero-order chi connectivity index (χ0) is 13.4. The molecule has 0 aliphatic rings. The molecule has 0 saturated heterocycles. The van der Waals surface area contributed by atoms with Crippen molar-refractivity contribution in [3.8, 4) is 0 Å². The maximum absolute atomic E-state index is 11.8. The minimum Gasteiger partial charge on any atom is -0.355 e. The van der Waals surface area contributed by atoms with Gasteiger partial charge in [0.1, 0.15) is 0 Å². The molecule has 0 aromatic carbocycles. The fourth-order valence-electron chi connectivity index (χ4n) is 1.83. The fourth-order valence-corrected chi connectivity index (χ4v) is 2.67. The van der Waals surface area contributed by atoms with Gasteiger partial charge in [-0.3, -0.25) is 4.79 Å². The fraction of sp³-hybridized carbons (Fsp3) is 0.643. The number of unbranched alkanes of at least 4 members (excludes halogenated alkanes) is 1. The molecule has 102 valence electrons. The third-order valence-electron chi connectivity index (χ3n) is 2.84. The van der Waals surface area contributed by atoms with Crippen LogP contribution in [-0.2, 0) is 11.2 Å². The predicted octanol–water partition coefficient (Wildman–Crippen LogP) is 2.57. The first-order valence-corrected chi connectivity index (χ1v) is 7.57. The monoisotopic (exact) mass is 268 g/mol. The second-order valence-corrected chi connectivity index (χ2v) is 5.75. The molecule has 2 N–H and O–H groups in total. The molecule has 1 aromatic rings. The van der Waals surface area contributed by atoms with Crippen molar-refractivity contribution in [2.45, 2.75) is 52.1 Å². The number of hydrogen-bond donors (Lipinski definition) is 2. The summed E-state index contributed by atoms with van der Waals surface area (Å²) in [5.74, 6) is 0.0986. The summed E-state index contributed by atoms with van der Waals surface area (Å²) in [6, 6.07) is 4.38. The first-order chi connectivity index (χ1) is 8.63. The summed E-state index contributed by atoms with van der Waals surface area (Å²) in [5.41, 5.74) is 0. The standard InChI is InChI=1S/C14H24N2OS/c1-4-5-8-15-14(17)12(3)16-11(2)10-13-7-6-9-18-13/h6-7,9,11-12,16H,4-5,8,10H2,1-3H3,(H,15,17). The lowest BCUT2D eigenvalue weighted by molar-refractivity contribution is -0.122. The molecule has 18 heavy (non-hydrogen) atoms. The minimum absolute atomic E-state index is 0.0986. The Bertz CT molecular complexity index is 338. The number of carbonyl (C=O) groups excluding carboxylic acids is 1. The second kappa shape index (κ2) is 8.27. The van der Waals surface area contributed by atoms with Gasteiger partial charge >= 0.3 is 0 Å². The van der Waals surface area contributed by atoms with Crippen LogP contribution < -0.4 is 10.6 Å². The van der Waals surface area contributed by atoms with Crippen LogP contribution in [0.25, 0.3) is 0 Å². The first-order valence-electron chi connectivity index (χ1n) is 6.69. The van der Waals surface area contributed by atoms with E-state index < -0.39 is 0 Å². The van der Waals surface area contributed by atoms with Gasteiger partial charge in [0.25, 0.3) is 0 Å². The smallest absolute Gasteiger partial charge is 0.236 e. The van der Waals surface area contributed by atoms with Crippen molar-refractivity contribution >= 4 is 17.2 Å². The Morgan fingerprint density at radius 3 is 2.83 bits per heavy atom. The van der Waals surface area contributed by atoms with E-state index in [0.717, 1.165) is 25.8 Å². The summed E-state index contributed by atoms with van der Waals surface area (Å²) in [7, 11) is 0. The maximum Gasteiger partial charge on any atom is 0.236 e. The molecule has 1 heterocycles. The highest BCUT2D eigenvalue weighted by Gasteiger charge is 2.14. The Hall–Kier alpha value is -0.870. The summed E-state index contributed by atoms with van der Waals surface area (Å²) in [5, 5.41) is 8.37. The van der Waals surface area contributed by atoms with Crippen LogP contribution in [0.2, 0.25) is 0 Å². The molecule has 2 atom stereocenters. The number of nitrogens with one attached hydrogen (secondary N) is 2. The third-order valence-corrected chi connectivity index (χ3v) is 3.74. The largest absolute Gasteiger partial charge is 0.355 e. The topological polar surface area (TPSA) is 41.1 Å². The van der Waals surface area contributed by atoms with Crippen LogP contribution >= 0.6 is 11.3 Å². The van der Waals surface area contributed by atoms with Gasteiger partial charge in [0.2, 0.25) is 5.91 Å². The van der Waals surface area contributed by atoms with Crippen molar-refractivity contribution in [1.29, 1.82) is 0 Å². The number of thiophene rings is 1. The molecule has 4 heteroatoms. The highest BCUT2D eigenvalue weighted by molar-refractivity contribution is 7.09. The van der Waals surface area contributed by atoms with Gasteiger partial charge in [0, 0.05) is 17.5 Å². The minimum atomic E-state index is -0.128. The molecule has 0 fully saturated rings. The van der Waals surface area contributed by atoms with E-state index in [-0.39, 0.29) is 11.9 Å². The summed E-state index contributed by atoms with van der Waals surface area (Å²) in [6.07, 6.45) is 3.13. The zero-order valence-corrected chi connectivity index (χ0v) is 12.3. The van der Waals surface area contributed by atoms with Crippen molar-refractivity contribution in [3.63, 3.8) is 0 Å². The highest BCUT2D eigenvalue weighted by Crippen LogP contribution is 2.11. The molecular weight excluding hydrogens is 244 g/mol. The molecule has 0 aliphatic heterocycles. The molecule has 1 aromatic heterocycles. The Morgan fingerprint density at radius 1 is 1.44 bits per heavy atom. The van der Waals surface area contributed by atoms with Crippen LogP contribution in [0.3, 0.4) is 0 Å². The van der Waals surface area contributed by atoms with E-state index in [1.54, 1.807) is 11.3 Å². The molecule has 2 unspecified atom stereocenters. The molecule has 0 bridgehead atoms. The van der Waals surface area contributed by atoms with Gasteiger partial charge in [-0.05, 0) is 38.1 Å². The van der Waals surface area contributed by atoms with Gasteiger partial charge in [-0.2, -0.15) is 0 Å². The Labute approximate surface area is 114 Å². The van der Waals surface area contributed by atoms with Gasteiger partial charge in [0.15, 0.2) is 0 Å². The van der Waals surface area contributed by atoms with E-state index in [4.69, 9.17) is 0 Å². The van der Waals surface area contributed by atoms with Crippen LogP contribution in [0, 0.1) is 0 Å². The van der Waals surface area contributed by atoms with Crippen molar-refractivity contribution in [1.82, 2.24) is 10.6 Å². The van der Waals surface area contributed by atoms with E-state index in [1.165, 1.54) is 4.88 Å². The van der Waals surface area contributed by atoms with Crippen LogP contribution in [0.5, 0.6) is 0 Å². The van der Waals surface area contributed by atoms with E-state index in [0.29, 0.717) is 6.04 Å². The van der Waals surface area contributed by atoms with E-state index >= 15 is 0 Å².